The van der Waals surface area contributed by atoms with Crippen LogP contribution in [0, 0.1) is 0 Å². The molecule has 5 aromatic carbocycles. The van der Waals surface area contributed by atoms with Crippen LogP contribution in [0.2, 0.25) is 5.02 Å². The van der Waals surface area contributed by atoms with Gasteiger partial charge >= 0.3 is 0 Å². The number of carbonyl (C=O) groups excluding carboxylic acids is 2. The van der Waals surface area contributed by atoms with Gasteiger partial charge in [-0.15, -0.1) is 0 Å². The SMILES string of the molecule is CO[C@H]1[C@H](OCc2ccccc2)[C@@H](O)[C@H](n2c3c(Cl)cccc3c3c4c(c5c6ccccc6[nH]c5c32)C(=O)NC4=O)O[C@@H]1COCc1ccccc1. The summed E-state index contributed by atoms with van der Waals surface area (Å²) in [6, 6.07) is 32.6. The molecule has 11 heteroatoms. The van der Waals surface area contributed by atoms with Crippen molar-refractivity contribution >= 4 is 67.0 Å². The van der Waals surface area contributed by atoms with Crippen molar-refractivity contribution in [2.45, 2.75) is 43.9 Å². The zero-order valence-electron chi connectivity index (χ0n) is 28.0. The summed E-state index contributed by atoms with van der Waals surface area (Å²) in [6.45, 7) is 0.676. The Morgan fingerprint density at radius 3 is 2.15 bits per heavy atom. The van der Waals surface area contributed by atoms with E-state index in [-0.39, 0.29) is 18.8 Å². The van der Waals surface area contributed by atoms with Crippen LogP contribution in [0.25, 0.3) is 43.6 Å². The number of aliphatic hydroxyl groups excluding tert-OH is 1. The van der Waals surface area contributed by atoms with E-state index in [1.807, 2.05) is 95.6 Å². The number of aromatic amines is 1. The highest BCUT2D eigenvalue weighted by Gasteiger charge is 2.49. The van der Waals surface area contributed by atoms with Crippen molar-refractivity contribution in [3.8, 4) is 0 Å². The molecular weight excluding hydrogens is 682 g/mol. The van der Waals surface area contributed by atoms with E-state index in [1.165, 1.54) is 0 Å². The molecule has 4 heterocycles. The molecule has 1 fully saturated rings. The molecule has 0 bridgehead atoms. The molecule has 0 unspecified atom stereocenters. The van der Waals surface area contributed by atoms with Crippen LogP contribution >= 0.6 is 11.6 Å². The first-order valence-corrected chi connectivity index (χ1v) is 17.5. The van der Waals surface area contributed by atoms with Gasteiger partial charge in [-0.2, -0.15) is 0 Å². The fourth-order valence-electron chi connectivity index (χ4n) is 7.95. The van der Waals surface area contributed by atoms with Gasteiger partial charge in [0, 0.05) is 34.2 Å². The third-order valence-electron chi connectivity index (χ3n) is 10.2. The van der Waals surface area contributed by atoms with Crippen molar-refractivity contribution < 1.29 is 33.6 Å². The van der Waals surface area contributed by atoms with Gasteiger partial charge in [0.05, 0.1) is 52.5 Å². The second-order valence-corrected chi connectivity index (χ2v) is 13.6. The van der Waals surface area contributed by atoms with E-state index >= 15 is 0 Å². The lowest BCUT2D eigenvalue weighted by Crippen LogP contribution is -2.58. The summed E-state index contributed by atoms with van der Waals surface area (Å²) >= 11 is 7.05. The number of imide groups is 1. The van der Waals surface area contributed by atoms with Gasteiger partial charge in [-0.3, -0.25) is 14.9 Å². The fraction of sp³-hybridized carbons (Fsp3) is 0.220. The minimum atomic E-state index is -1.28. The summed E-state index contributed by atoms with van der Waals surface area (Å²) in [5.74, 6) is -0.974. The van der Waals surface area contributed by atoms with E-state index in [9.17, 15) is 14.7 Å². The minimum Gasteiger partial charge on any atom is -0.386 e. The highest BCUT2D eigenvalue weighted by Crippen LogP contribution is 2.47. The Kier molecular flexibility index (Phi) is 8.31. The van der Waals surface area contributed by atoms with Crippen molar-refractivity contribution in [2.75, 3.05) is 13.7 Å². The van der Waals surface area contributed by atoms with Crippen molar-refractivity contribution in [2.24, 2.45) is 0 Å². The lowest BCUT2D eigenvalue weighted by molar-refractivity contribution is -0.270. The van der Waals surface area contributed by atoms with Crippen molar-refractivity contribution in [3.63, 3.8) is 0 Å². The number of carbonyl (C=O) groups is 2. The largest absolute Gasteiger partial charge is 0.386 e. The summed E-state index contributed by atoms with van der Waals surface area (Å²) in [6.07, 6.45) is -4.66. The molecule has 10 nitrogen and oxygen atoms in total. The highest BCUT2D eigenvalue weighted by atomic mass is 35.5. The first kappa shape index (κ1) is 32.8. The molecule has 2 aromatic heterocycles. The predicted molar refractivity (Wildman–Crippen MR) is 197 cm³/mol. The Balaban J connectivity index is 1.26. The van der Waals surface area contributed by atoms with Gasteiger partial charge < -0.3 is 33.6 Å². The van der Waals surface area contributed by atoms with Gasteiger partial charge in [-0.1, -0.05) is 103 Å². The number of halogens is 1. The van der Waals surface area contributed by atoms with Crippen LogP contribution in [0.5, 0.6) is 0 Å². The van der Waals surface area contributed by atoms with Gasteiger partial charge in [0.2, 0.25) is 0 Å². The number of rotatable bonds is 9. The number of ether oxygens (including phenoxy) is 4. The molecular formula is C41H34ClN3O7. The number of H-pyrrole nitrogens is 1. The van der Waals surface area contributed by atoms with Crippen LogP contribution in [-0.4, -0.2) is 64.6 Å². The first-order valence-electron chi connectivity index (χ1n) is 17.1. The van der Waals surface area contributed by atoms with Crippen LogP contribution < -0.4 is 5.32 Å². The smallest absolute Gasteiger partial charge is 0.259 e. The van der Waals surface area contributed by atoms with Gasteiger partial charge in [-0.05, 0) is 23.3 Å². The van der Waals surface area contributed by atoms with E-state index in [2.05, 4.69) is 10.3 Å². The number of nitrogens with one attached hydrogen (secondary N) is 2. The lowest BCUT2D eigenvalue weighted by atomic mass is 9.96. The number of methoxy groups -OCH3 is 1. The van der Waals surface area contributed by atoms with Crippen LogP contribution in [0.1, 0.15) is 38.1 Å². The molecule has 2 aliphatic rings. The second-order valence-electron chi connectivity index (χ2n) is 13.2. The number of fused-ring (bicyclic) bond motifs is 10. The molecule has 5 atom stereocenters. The number of benzene rings is 5. The third-order valence-corrected chi connectivity index (χ3v) is 10.5. The molecule has 3 N–H and O–H groups in total. The van der Waals surface area contributed by atoms with Gasteiger partial charge in [0.25, 0.3) is 11.8 Å². The van der Waals surface area contributed by atoms with Crippen LogP contribution in [-0.2, 0) is 32.2 Å². The number of nitrogens with zero attached hydrogens (tertiary/aromatic N) is 1. The number of aromatic nitrogens is 2. The van der Waals surface area contributed by atoms with E-state index in [0.29, 0.717) is 49.9 Å². The van der Waals surface area contributed by atoms with Crippen LogP contribution in [0.15, 0.2) is 103 Å². The number of hydrogen-bond donors (Lipinski definition) is 3. The van der Waals surface area contributed by atoms with Gasteiger partial charge in [-0.25, -0.2) is 0 Å². The first-order chi connectivity index (χ1) is 25.4. The highest BCUT2D eigenvalue weighted by molar-refractivity contribution is 6.42. The van der Waals surface area contributed by atoms with E-state index in [1.54, 1.807) is 19.2 Å². The Labute approximate surface area is 302 Å². The molecule has 9 rings (SSSR count). The average Bonchev–Trinajstić information content (AvgIpc) is 3.81. The van der Waals surface area contributed by atoms with Gasteiger partial charge in [0.15, 0.2) is 6.23 Å². The molecule has 0 aliphatic carbocycles. The fourth-order valence-corrected chi connectivity index (χ4v) is 8.22. The number of amides is 2. The minimum absolute atomic E-state index is 0.126. The molecule has 1 saturated heterocycles. The van der Waals surface area contributed by atoms with E-state index < -0.39 is 42.5 Å². The molecule has 0 spiro atoms. The zero-order chi connectivity index (χ0) is 35.5. The molecule has 0 radical (unpaired) electrons. The molecule has 7 aromatic rings. The zero-order valence-corrected chi connectivity index (χ0v) is 28.8. The number of para-hydroxylation sites is 2. The van der Waals surface area contributed by atoms with Crippen molar-refractivity contribution in [1.82, 2.24) is 14.9 Å². The quantitative estimate of drug-likeness (QED) is 0.137. The summed E-state index contributed by atoms with van der Waals surface area (Å²) in [7, 11) is 1.56. The summed E-state index contributed by atoms with van der Waals surface area (Å²) in [4.78, 5) is 30.7. The monoisotopic (exact) mass is 715 g/mol. The third kappa shape index (κ3) is 5.22. The van der Waals surface area contributed by atoms with Gasteiger partial charge in [0.1, 0.15) is 24.4 Å². The normalized spacial score (nSPS) is 21.8. The lowest BCUT2D eigenvalue weighted by Gasteiger charge is -2.44. The molecule has 262 valence electrons. The summed E-state index contributed by atoms with van der Waals surface area (Å²) < 4.78 is 27.5. The van der Waals surface area contributed by atoms with Crippen LogP contribution in [0.4, 0.5) is 0 Å². The summed E-state index contributed by atoms with van der Waals surface area (Å²) in [5.41, 5.74) is 4.95. The molecule has 0 saturated carbocycles. The molecule has 2 aliphatic heterocycles. The van der Waals surface area contributed by atoms with Crippen LogP contribution in [0.3, 0.4) is 0 Å². The Morgan fingerprint density at radius 2 is 1.42 bits per heavy atom. The average molecular weight is 716 g/mol. The van der Waals surface area contributed by atoms with E-state index in [0.717, 1.165) is 22.0 Å². The number of aliphatic hydroxyl groups is 1. The summed E-state index contributed by atoms with van der Waals surface area (Å²) in [5, 5.41) is 17.9. The maximum Gasteiger partial charge on any atom is 0.259 e. The standard InChI is InChI=1S/C41H34ClN3O7/c1-49-37-28(21-50-19-22-11-4-2-5-12-22)52-41(36(46)38(37)51-20-23-13-6-3-7-14-23)45-34-25(16-10-17-26(34)42)30-32-31(39(47)44-40(32)48)29-24-15-8-9-18-27(24)43-33(29)35(30)45/h2-18,28,36-38,41,43,46H,19-21H2,1H3,(H,44,47,48)/t28-,36-,37-,38-,41-/m1/s1. The molecule has 2 amide bonds. The van der Waals surface area contributed by atoms with Crippen molar-refractivity contribution in [1.29, 1.82) is 0 Å². The Morgan fingerprint density at radius 1 is 0.769 bits per heavy atom. The topological polar surface area (TPSA) is 124 Å². The predicted octanol–water partition coefficient (Wildman–Crippen LogP) is 7.04. The Hall–Kier alpha value is -5.07. The number of hydrogen-bond acceptors (Lipinski definition) is 7. The van der Waals surface area contributed by atoms with E-state index in [4.69, 9.17) is 30.5 Å². The van der Waals surface area contributed by atoms with Crippen molar-refractivity contribution in [3.05, 3.63) is 130 Å². The Bertz CT molecular complexity index is 2500. The molecule has 52 heavy (non-hydrogen) atoms. The second kappa shape index (κ2) is 13.2. The maximum atomic E-state index is 13.7. The maximum absolute atomic E-state index is 13.7.